The number of amides is 4. The first-order chi connectivity index (χ1) is 31.4. The highest BCUT2D eigenvalue weighted by Gasteiger charge is 2.36. The molecule has 0 spiro atoms. The van der Waals surface area contributed by atoms with E-state index in [1.165, 1.54) is 76.8 Å². The number of nitrogens with one attached hydrogen (secondary N) is 3. The predicted octanol–water partition coefficient (Wildman–Crippen LogP) is 5.75. The van der Waals surface area contributed by atoms with Crippen molar-refractivity contribution < 1.29 is 43.8 Å². The van der Waals surface area contributed by atoms with Gasteiger partial charge >= 0.3 is 0 Å². The zero-order valence-corrected chi connectivity index (χ0v) is 40.8. The van der Waals surface area contributed by atoms with Crippen LogP contribution in [0.3, 0.4) is 0 Å². The number of rotatable bonds is 39. The molecule has 16 heteroatoms. The van der Waals surface area contributed by atoms with Gasteiger partial charge in [0.05, 0.1) is 18.2 Å². The van der Waals surface area contributed by atoms with Crippen LogP contribution in [0.15, 0.2) is 29.3 Å². The van der Waals surface area contributed by atoms with Gasteiger partial charge in [0, 0.05) is 50.5 Å². The smallest absolute Gasteiger partial charge is 0.224 e. The fourth-order valence-electron chi connectivity index (χ4n) is 7.99. The summed E-state index contributed by atoms with van der Waals surface area (Å²) in [6, 6.07) is 2.68. The molecule has 0 bridgehead atoms. The van der Waals surface area contributed by atoms with E-state index < -0.39 is 71.8 Å². The molecule has 0 aliphatic rings. The lowest BCUT2D eigenvalue weighted by molar-refractivity contribution is -0.137. The second kappa shape index (κ2) is 34.4. The number of hydrogen-bond donors (Lipinski definition) is 8. The number of ketones is 3. The number of guanidine groups is 1. The molecule has 374 valence electrons. The number of unbranched alkanes of at least 4 members (excludes halogenated alkanes) is 12. The van der Waals surface area contributed by atoms with Gasteiger partial charge in [0.1, 0.15) is 11.8 Å². The van der Waals surface area contributed by atoms with Crippen molar-refractivity contribution in [3.8, 4) is 5.75 Å². The number of benzene rings is 1. The van der Waals surface area contributed by atoms with Gasteiger partial charge in [-0.25, -0.2) is 0 Å². The number of aliphatic imine (C=N–C) groups is 1. The summed E-state index contributed by atoms with van der Waals surface area (Å²) < 4.78 is 0. The molecule has 0 fully saturated rings. The van der Waals surface area contributed by atoms with Crippen LogP contribution in [0.2, 0.25) is 0 Å². The summed E-state index contributed by atoms with van der Waals surface area (Å²) in [6.07, 6.45) is 14.2. The van der Waals surface area contributed by atoms with E-state index in [2.05, 4.69) is 27.9 Å². The lowest BCUT2D eigenvalue weighted by atomic mass is 9.84. The van der Waals surface area contributed by atoms with Gasteiger partial charge < -0.3 is 43.4 Å². The Labute approximate surface area is 394 Å². The molecule has 0 radical (unpaired) electrons. The average molecular weight is 928 g/mol. The highest BCUT2D eigenvalue weighted by atomic mass is 16.3. The summed E-state index contributed by atoms with van der Waals surface area (Å²) in [5.41, 5.74) is 17.0. The summed E-state index contributed by atoms with van der Waals surface area (Å²) in [4.78, 5) is 97.9. The lowest BCUT2D eigenvalue weighted by Crippen LogP contribution is -2.51. The Morgan fingerprint density at radius 1 is 0.636 bits per heavy atom. The number of nitrogens with zero attached hydrogens (tertiary/aromatic N) is 1. The Hall–Kier alpha value is -4.86. The molecule has 0 aromatic heterocycles. The van der Waals surface area contributed by atoms with Crippen molar-refractivity contribution in [3.05, 3.63) is 29.8 Å². The molecule has 66 heavy (non-hydrogen) atoms. The van der Waals surface area contributed by atoms with Crippen LogP contribution >= 0.6 is 0 Å². The third-order valence-corrected chi connectivity index (χ3v) is 12.4. The minimum Gasteiger partial charge on any atom is -0.508 e. The van der Waals surface area contributed by atoms with Crippen LogP contribution in [0.4, 0.5) is 0 Å². The zero-order valence-electron chi connectivity index (χ0n) is 40.8. The van der Waals surface area contributed by atoms with Gasteiger partial charge in [0.15, 0.2) is 23.3 Å². The molecule has 4 amide bonds. The maximum absolute atomic E-state index is 14.2. The summed E-state index contributed by atoms with van der Waals surface area (Å²) in [5, 5.41) is 28.7. The first-order valence-electron chi connectivity index (χ1n) is 24.7. The SMILES string of the molecule is CCCCCCCCCCCCCCCC(=O)N[C@H](C(=O)C[C@H](C(=O)N[C@@H](CCC(N)=O)C(=O)C[C@@H](Cc1ccc(O)cc1)C(=O)N[C@@H](CCCN=C(N)N)C(=O)CC)[C@@H](C)CC)[C@@H](C)O. The van der Waals surface area contributed by atoms with E-state index in [-0.39, 0.29) is 80.8 Å². The topological polar surface area (TPSA) is 286 Å². The van der Waals surface area contributed by atoms with Crippen molar-refractivity contribution in [1.82, 2.24) is 16.0 Å². The molecule has 0 heterocycles. The van der Waals surface area contributed by atoms with Gasteiger partial charge in [-0.1, -0.05) is 123 Å². The quantitative estimate of drug-likeness (QED) is 0.0224. The van der Waals surface area contributed by atoms with Crippen LogP contribution < -0.4 is 33.2 Å². The van der Waals surface area contributed by atoms with Gasteiger partial charge in [-0.2, -0.15) is 0 Å². The average Bonchev–Trinajstić information content (AvgIpc) is 3.27. The highest BCUT2D eigenvalue weighted by molar-refractivity contribution is 5.97. The minimum absolute atomic E-state index is 0.000881. The van der Waals surface area contributed by atoms with Gasteiger partial charge in [-0.3, -0.25) is 38.6 Å². The van der Waals surface area contributed by atoms with Gasteiger partial charge in [-0.05, 0) is 62.6 Å². The van der Waals surface area contributed by atoms with Crippen LogP contribution in [-0.4, -0.2) is 87.9 Å². The third-order valence-electron chi connectivity index (χ3n) is 12.4. The zero-order chi connectivity index (χ0) is 49.4. The first-order valence-corrected chi connectivity index (χ1v) is 24.7. The van der Waals surface area contributed by atoms with Crippen LogP contribution in [0, 0.1) is 17.8 Å². The molecule has 1 aromatic carbocycles. The molecule has 0 saturated carbocycles. The summed E-state index contributed by atoms with van der Waals surface area (Å²) in [6.45, 7) is 9.17. The second-order valence-corrected chi connectivity index (χ2v) is 18.1. The number of phenols is 1. The molecular weight excluding hydrogens is 843 g/mol. The van der Waals surface area contributed by atoms with Gasteiger partial charge in [0.25, 0.3) is 0 Å². The number of aliphatic hydroxyl groups is 1. The van der Waals surface area contributed by atoms with Crippen molar-refractivity contribution in [2.75, 3.05) is 6.54 Å². The Bertz CT molecular complexity index is 1650. The molecule has 11 N–H and O–H groups in total. The largest absolute Gasteiger partial charge is 0.508 e. The summed E-state index contributed by atoms with van der Waals surface area (Å²) in [7, 11) is 0. The molecule has 0 saturated heterocycles. The van der Waals surface area contributed by atoms with Crippen molar-refractivity contribution in [3.63, 3.8) is 0 Å². The minimum atomic E-state index is -1.28. The fraction of sp³-hybridized carbons (Fsp3) is 0.720. The van der Waals surface area contributed by atoms with E-state index in [1.807, 2.05) is 6.92 Å². The van der Waals surface area contributed by atoms with E-state index in [4.69, 9.17) is 17.2 Å². The molecule has 7 atom stereocenters. The van der Waals surface area contributed by atoms with Gasteiger partial charge in [0.2, 0.25) is 23.6 Å². The molecule has 0 aliphatic heterocycles. The number of Topliss-reactive ketones (excluding diaryl/α,β-unsaturated/α-hetero) is 3. The standard InChI is InChI=1S/C50H85N7O9/c1-6-9-10-11-12-13-14-15-16-17-18-19-20-23-46(64)57-47(35(5)58)44(62)33-39(34(4)7-2)49(66)56-41(28-29-45(51)63)43(61)32-37(31-36-24-26-38(59)27-25-36)48(65)55-40(42(60)8-3)22-21-30-54-50(52)53/h24-27,34-35,37,39-41,47,58-59H,6-23,28-33H2,1-5H3,(H2,51,63)(H,55,65)(H,56,66)(H,57,64)(H4,52,53,54)/t34-,35+,37+,39-,40-,41-,47-/m0/s1. The van der Waals surface area contributed by atoms with E-state index in [1.54, 1.807) is 26.0 Å². The molecule has 16 nitrogen and oxygen atoms in total. The number of aliphatic hydroxyl groups excluding tert-OH is 1. The number of hydrogen-bond acceptors (Lipinski definition) is 10. The Balaban J connectivity index is 3.10. The van der Waals surface area contributed by atoms with Crippen molar-refractivity contribution in [2.45, 2.75) is 207 Å². The van der Waals surface area contributed by atoms with Crippen LogP contribution in [0.25, 0.3) is 0 Å². The van der Waals surface area contributed by atoms with E-state index >= 15 is 0 Å². The number of carbonyl (C=O) groups excluding carboxylic acids is 7. The first kappa shape index (κ1) is 59.2. The van der Waals surface area contributed by atoms with Crippen LogP contribution in [0.1, 0.15) is 181 Å². The Kier molecular flexibility index (Phi) is 30.9. The van der Waals surface area contributed by atoms with Crippen molar-refractivity contribution in [1.29, 1.82) is 0 Å². The number of carbonyl (C=O) groups is 7. The van der Waals surface area contributed by atoms with E-state index in [9.17, 15) is 43.8 Å². The van der Waals surface area contributed by atoms with E-state index in [0.717, 1.165) is 19.3 Å². The number of aromatic hydroxyl groups is 1. The van der Waals surface area contributed by atoms with Crippen molar-refractivity contribution in [2.24, 2.45) is 39.9 Å². The third kappa shape index (κ3) is 25.7. The molecule has 1 aromatic rings. The van der Waals surface area contributed by atoms with Gasteiger partial charge in [-0.15, -0.1) is 0 Å². The summed E-state index contributed by atoms with van der Waals surface area (Å²) >= 11 is 0. The maximum Gasteiger partial charge on any atom is 0.224 e. The lowest BCUT2D eigenvalue weighted by Gasteiger charge is -2.28. The number of nitrogens with two attached hydrogens (primary N) is 3. The Morgan fingerprint density at radius 2 is 1.18 bits per heavy atom. The molecule has 0 aliphatic carbocycles. The molecule has 0 unspecified atom stereocenters. The second-order valence-electron chi connectivity index (χ2n) is 18.1. The highest BCUT2D eigenvalue weighted by Crippen LogP contribution is 2.24. The molecular formula is C50H85N7O9. The van der Waals surface area contributed by atoms with Crippen molar-refractivity contribution >= 4 is 46.9 Å². The molecule has 1 rings (SSSR count). The number of primary amides is 1. The van der Waals surface area contributed by atoms with Crippen LogP contribution in [0.5, 0.6) is 5.75 Å². The van der Waals surface area contributed by atoms with Crippen LogP contribution in [-0.2, 0) is 40.0 Å². The normalized spacial score (nSPS) is 14.4. The fourth-order valence-corrected chi connectivity index (χ4v) is 7.99. The van der Waals surface area contributed by atoms with E-state index in [0.29, 0.717) is 24.8 Å². The maximum atomic E-state index is 14.2. The Morgan fingerprint density at radius 3 is 1.70 bits per heavy atom. The predicted molar refractivity (Wildman–Crippen MR) is 259 cm³/mol. The number of phenolic OH excluding ortho intramolecular Hbond substituents is 1. The summed E-state index contributed by atoms with van der Waals surface area (Å²) in [5.74, 6) is -6.14. The monoisotopic (exact) mass is 928 g/mol.